The van der Waals surface area contributed by atoms with E-state index in [0.29, 0.717) is 0 Å². The summed E-state index contributed by atoms with van der Waals surface area (Å²) >= 11 is 5.63. The quantitative estimate of drug-likeness (QED) is 0.627. The molecule has 0 fully saturated rings. The van der Waals surface area contributed by atoms with Gasteiger partial charge in [-0.1, -0.05) is 0 Å². The SMILES string of the molecule is CC(Cl)CN(C)C.CC(O)CN(C)C.O=S(Cl)Cl. The molecular formula is C10H25Cl3N2O2S. The lowest BCUT2D eigenvalue weighted by molar-refractivity contribution is 0.154. The predicted molar refractivity (Wildman–Crippen MR) is 84.0 cm³/mol. The summed E-state index contributed by atoms with van der Waals surface area (Å²) in [5.41, 5.74) is 0. The highest BCUT2D eigenvalue weighted by Gasteiger charge is 1.94. The van der Waals surface area contributed by atoms with Crippen molar-refractivity contribution in [1.29, 1.82) is 0 Å². The molecule has 0 aromatic rings. The van der Waals surface area contributed by atoms with E-state index in [1.165, 1.54) is 0 Å². The van der Waals surface area contributed by atoms with E-state index in [0.717, 1.165) is 13.1 Å². The van der Waals surface area contributed by atoms with Crippen molar-refractivity contribution >= 4 is 42.2 Å². The third-order valence-corrected chi connectivity index (χ3v) is 1.38. The van der Waals surface area contributed by atoms with Crippen molar-refractivity contribution in [1.82, 2.24) is 9.80 Å². The normalized spacial score (nSPS) is 13.6. The molecule has 1 N–H and O–H groups in total. The van der Waals surface area contributed by atoms with Crippen LogP contribution >= 0.6 is 33.0 Å². The number of aliphatic hydroxyl groups is 1. The summed E-state index contributed by atoms with van der Waals surface area (Å²) in [4.78, 5) is 4.02. The van der Waals surface area contributed by atoms with Crippen molar-refractivity contribution in [2.75, 3.05) is 41.3 Å². The van der Waals surface area contributed by atoms with Crippen LogP contribution in [0.15, 0.2) is 0 Å². The van der Waals surface area contributed by atoms with Gasteiger partial charge in [0, 0.05) is 39.8 Å². The Labute approximate surface area is 128 Å². The summed E-state index contributed by atoms with van der Waals surface area (Å²) in [6, 6.07) is 0. The molecule has 0 aliphatic heterocycles. The highest BCUT2D eigenvalue weighted by molar-refractivity contribution is 8.26. The fraction of sp³-hybridized carbons (Fsp3) is 1.00. The highest BCUT2D eigenvalue weighted by Crippen LogP contribution is 1.92. The Morgan fingerprint density at radius 1 is 1.06 bits per heavy atom. The second kappa shape index (κ2) is 16.0. The molecule has 0 heterocycles. The second-order valence-electron chi connectivity index (χ2n) is 4.34. The standard InChI is InChI=1S/C5H12ClN.C5H13NO.Cl2OS/c1-5(6)4-7(2)3;1-5(7)4-6(2)3;1-4(2)3/h5H,4H2,1-3H3;5,7H,4H2,1-3H3;. The van der Waals surface area contributed by atoms with Gasteiger partial charge in [0.25, 0.3) is 0 Å². The maximum absolute atomic E-state index is 9.09. The summed E-state index contributed by atoms with van der Waals surface area (Å²) in [5, 5.41) is 8.95. The zero-order valence-electron chi connectivity index (χ0n) is 11.9. The van der Waals surface area contributed by atoms with E-state index in [-0.39, 0.29) is 11.5 Å². The van der Waals surface area contributed by atoms with Crippen LogP contribution in [0.5, 0.6) is 0 Å². The minimum atomic E-state index is -1.67. The van der Waals surface area contributed by atoms with Crippen LogP contribution < -0.4 is 0 Å². The molecule has 2 atom stereocenters. The van der Waals surface area contributed by atoms with E-state index < -0.39 is 9.23 Å². The van der Waals surface area contributed by atoms with Gasteiger partial charge < -0.3 is 14.9 Å². The average Bonchev–Trinajstić information content (AvgIpc) is 1.96. The van der Waals surface area contributed by atoms with Crippen molar-refractivity contribution in [2.24, 2.45) is 0 Å². The number of alkyl halides is 1. The smallest absolute Gasteiger partial charge is 0.211 e. The fourth-order valence-electron chi connectivity index (χ4n) is 1.03. The first-order valence-electron chi connectivity index (χ1n) is 5.34. The molecule has 0 spiro atoms. The highest BCUT2D eigenvalue weighted by atomic mass is 36.0. The van der Waals surface area contributed by atoms with E-state index >= 15 is 0 Å². The Hall–Kier alpha value is 0.900. The van der Waals surface area contributed by atoms with Crippen LogP contribution in [-0.4, -0.2) is 71.9 Å². The van der Waals surface area contributed by atoms with Gasteiger partial charge in [-0.25, -0.2) is 4.21 Å². The number of likely N-dealkylation sites (N-methyl/N-ethyl adjacent to an activating group) is 1. The van der Waals surface area contributed by atoms with Gasteiger partial charge in [-0.15, -0.1) is 11.6 Å². The van der Waals surface area contributed by atoms with Gasteiger partial charge in [0.1, 0.15) is 0 Å². The van der Waals surface area contributed by atoms with Crippen LogP contribution in [0.1, 0.15) is 13.8 Å². The Kier molecular flexibility index (Phi) is 21.2. The van der Waals surface area contributed by atoms with E-state index in [4.69, 9.17) is 20.9 Å². The minimum absolute atomic E-state index is 0.199. The molecule has 0 bridgehead atoms. The van der Waals surface area contributed by atoms with Crippen LogP contribution in [0, 0.1) is 0 Å². The molecule has 114 valence electrons. The number of hydrogen-bond donors (Lipinski definition) is 1. The van der Waals surface area contributed by atoms with Crippen LogP contribution in [0.4, 0.5) is 0 Å². The van der Waals surface area contributed by atoms with Gasteiger partial charge in [-0.2, -0.15) is 0 Å². The number of halogens is 3. The number of rotatable bonds is 4. The van der Waals surface area contributed by atoms with E-state index in [1.54, 1.807) is 6.92 Å². The number of aliphatic hydroxyl groups excluding tert-OH is 1. The molecule has 0 saturated carbocycles. The van der Waals surface area contributed by atoms with Crippen molar-refractivity contribution in [2.45, 2.75) is 25.3 Å². The maximum atomic E-state index is 9.09. The van der Waals surface area contributed by atoms with Gasteiger partial charge >= 0.3 is 0 Å². The molecule has 2 unspecified atom stereocenters. The van der Waals surface area contributed by atoms with Gasteiger partial charge in [0.2, 0.25) is 9.23 Å². The lowest BCUT2D eigenvalue weighted by atomic mass is 10.4. The largest absolute Gasteiger partial charge is 0.392 e. The Morgan fingerprint density at radius 2 is 1.33 bits per heavy atom. The first-order chi connectivity index (χ1) is 7.98. The van der Waals surface area contributed by atoms with Crippen molar-refractivity contribution in [3.8, 4) is 0 Å². The van der Waals surface area contributed by atoms with Gasteiger partial charge in [0.05, 0.1) is 6.10 Å². The summed E-state index contributed by atoms with van der Waals surface area (Å²) in [6.45, 7) is 5.48. The van der Waals surface area contributed by atoms with E-state index in [1.807, 2.05) is 40.0 Å². The molecule has 0 aliphatic carbocycles. The number of nitrogens with zero attached hydrogens (tertiary/aromatic N) is 2. The van der Waals surface area contributed by atoms with Gasteiger partial charge in [0.15, 0.2) is 0 Å². The molecule has 0 aromatic carbocycles. The molecule has 0 aliphatic rings. The van der Waals surface area contributed by atoms with E-state index in [9.17, 15) is 0 Å². The lowest BCUT2D eigenvalue weighted by Crippen LogP contribution is -2.22. The zero-order valence-corrected chi connectivity index (χ0v) is 14.9. The lowest BCUT2D eigenvalue weighted by Gasteiger charge is -2.10. The topological polar surface area (TPSA) is 43.8 Å². The van der Waals surface area contributed by atoms with Crippen molar-refractivity contribution in [3.63, 3.8) is 0 Å². The Bertz CT molecular complexity index is 164. The Balaban J connectivity index is -0.000000196. The molecule has 8 heteroatoms. The van der Waals surface area contributed by atoms with Crippen LogP contribution in [0.2, 0.25) is 0 Å². The van der Waals surface area contributed by atoms with Gasteiger partial charge in [-0.3, -0.25) is 0 Å². The average molecular weight is 344 g/mol. The fourth-order valence-corrected chi connectivity index (χ4v) is 1.31. The predicted octanol–water partition coefficient (Wildman–Crippen LogP) is 2.15. The molecule has 0 rings (SSSR count). The monoisotopic (exact) mass is 342 g/mol. The minimum Gasteiger partial charge on any atom is -0.392 e. The first kappa shape index (κ1) is 24.0. The molecule has 18 heavy (non-hydrogen) atoms. The molecule has 4 nitrogen and oxygen atoms in total. The van der Waals surface area contributed by atoms with E-state index in [2.05, 4.69) is 26.3 Å². The third kappa shape index (κ3) is 53.9. The zero-order chi connectivity index (χ0) is 15.3. The van der Waals surface area contributed by atoms with Crippen molar-refractivity contribution in [3.05, 3.63) is 0 Å². The van der Waals surface area contributed by atoms with Crippen molar-refractivity contribution < 1.29 is 9.32 Å². The second-order valence-corrected chi connectivity index (χ2v) is 7.61. The molecule has 0 aromatic heterocycles. The maximum Gasteiger partial charge on any atom is 0.211 e. The summed E-state index contributed by atoms with van der Waals surface area (Å²) < 4.78 is 9.09. The summed E-state index contributed by atoms with van der Waals surface area (Å²) in [6.07, 6.45) is -0.199. The molecule has 0 saturated heterocycles. The van der Waals surface area contributed by atoms with Crippen LogP contribution in [0.25, 0.3) is 0 Å². The van der Waals surface area contributed by atoms with Crippen LogP contribution in [-0.2, 0) is 9.23 Å². The third-order valence-electron chi connectivity index (χ3n) is 1.25. The molecule has 0 amide bonds. The Morgan fingerprint density at radius 3 is 1.33 bits per heavy atom. The number of hydrogen-bond acceptors (Lipinski definition) is 4. The summed E-state index contributed by atoms with van der Waals surface area (Å²) in [5.74, 6) is 0. The van der Waals surface area contributed by atoms with Gasteiger partial charge in [-0.05, 0) is 42.0 Å². The van der Waals surface area contributed by atoms with Crippen LogP contribution in [0.3, 0.4) is 0 Å². The molecular weight excluding hydrogens is 319 g/mol. The summed E-state index contributed by atoms with van der Waals surface area (Å²) in [7, 11) is 15.3. The molecule has 0 radical (unpaired) electrons. The first-order valence-corrected chi connectivity index (χ1v) is 8.58.